The van der Waals surface area contributed by atoms with Crippen LogP contribution in [-0.4, -0.2) is 69.7 Å². The van der Waals surface area contributed by atoms with Crippen LogP contribution in [0.4, 0.5) is 5.82 Å². The normalized spacial score (nSPS) is 21.8. The number of rotatable bonds is 10. The average Bonchev–Trinajstić information content (AvgIpc) is 3.57. The zero-order chi connectivity index (χ0) is 33.5. The van der Waals surface area contributed by atoms with Crippen molar-refractivity contribution in [1.82, 2.24) is 19.5 Å². The van der Waals surface area contributed by atoms with Crippen LogP contribution in [-0.2, 0) is 15.1 Å². The summed E-state index contributed by atoms with van der Waals surface area (Å²) in [6.07, 6.45) is 2.41. The molecule has 2 aliphatic heterocycles. The van der Waals surface area contributed by atoms with E-state index in [1.807, 2.05) is 83.8 Å². The molecule has 4 heterocycles. The fraction of sp³-hybridized carbons (Fsp3) is 0.278. The first-order valence-electron chi connectivity index (χ1n) is 15.5. The summed E-state index contributed by atoms with van der Waals surface area (Å²) >= 11 is 0. The lowest BCUT2D eigenvalue weighted by atomic mass is 9.79. The van der Waals surface area contributed by atoms with E-state index in [1.54, 1.807) is 33.4 Å². The van der Waals surface area contributed by atoms with E-state index < -0.39 is 40.8 Å². The maximum absolute atomic E-state index is 13.1. The van der Waals surface area contributed by atoms with E-state index in [9.17, 15) is 14.7 Å². The molecule has 2 N–H and O–H groups in total. The Balaban J connectivity index is 1.37. The van der Waals surface area contributed by atoms with E-state index in [1.165, 1.54) is 17.1 Å². The van der Waals surface area contributed by atoms with Crippen LogP contribution in [0.3, 0.4) is 0 Å². The van der Waals surface area contributed by atoms with Crippen molar-refractivity contribution in [3.63, 3.8) is 0 Å². The van der Waals surface area contributed by atoms with E-state index in [4.69, 9.17) is 18.9 Å². The summed E-state index contributed by atoms with van der Waals surface area (Å²) in [4.78, 5) is 38.2. The minimum atomic E-state index is -1.32. The summed E-state index contributed by atoms with van der Waals surface area (Å²) in [5, 5.41) is 12.1. The van der Waals surface area contributed by atoms with Gasteiger partial charge in [0.25, 0.3) is 5.56 Å². The molecule has 2 bridgehead atoms. The molecule has 0 saturated carbocycles. The van der Waals surface area contributed by atoms with Gasteiger partial charge in [-0.25, -0.2) is 14.8 Å². The van der Waals surface area contributed by atoms with Gasteiger partial charge in [0.1, 0.15) is 47.0 Å². The van der Waals surface area contributed by atoms with E-state index >= 15 is 0 Å². The molecular formula is C36H35N5O7. The van der Waals surface area contributed by atoms with Crippen molar-refractivity contribution in [2.75, 3.05) is 32.3 Å². The Kier molecular flexibility index (Phi) is 8.07. The number of aromatic amines is 1. The highest BCUT2D eigenvalue weighted by Crippen LogP contribution is 2.50. The molecule has 2 fully saturated rings. The molecule has 3 aromatic carbocycles. The molecule has 0 unspecified atom stereocenters. The van der Waals surface area contributed by atoms with Crippen molar-refractivity contribution < 1.29 is 24.1 Å². The Labute approximate surface area is 276 Å². The average molecular weight is 650 g/mol. The lowest BCUT2D eigenvalue weighted by molar-refractivity contribution is -0.159. The molecule has 12 nitrogen and oxygen atoms in total. The Hall–Kier alpha value is -5.30. The van der Waals surface area contributed by atoms with Gasteiger partial charge in [0, 0.05) is 18.0 Å². The number of hydrogen-bond donors (Lipinski definition) is 2. The van der Waals surface area contributed by atoms with Gasteiger partial charge in [-0.05, 0) is 53.9 Å². The van der Waals surface area contributed by atoms with E-state index in [0.717, 1.165) is 16.7 Å². The van der Waals surface area contributed by atoms with Crippen LogP contribution in [0, 0.1) is 6.92 Å². The number of nitrogens with zero attached hydrogens (tertiary/aromatic N) is 4. The molecule has 4 atom stereocenters. The van der Waals surface area contributed by atoms with Gasteiger partial charge in [-0.1, -0.05) is 54.6 Å². The third-order valence-corrected chi connectivity index (χ3v) is 9.30. The third kappa shape index (κ3) is 5.14. The zero-order valence-corrected chi connectivity index (χ0v) is 26.6. The summed E-state index contributed by atoms with van der Waals surface area (Å²) in [7, 11) is 3.23. The maximum Gasteiger partial charge on any atom is 0.330 e. The molecule has 48 heavy (non-hydrogen) atoms. The van der Waals surface area contributed by atoms with Crippen molar-refractivity contribution in [3.05, 3.63) is 147 Å². The van der Waals surface area contributed by atoms with Gasteiger partial charge in [0.15, 0.2) is 6.23 Å². The summed E-state index contributed by atoms with van der Waals surface area (Å²) in [5.41, 5.74) is -0.834. The van der Waals surface area contributed by atoms with Crippen LogP contribution in [0.25, 0.3) is 0 Å². The SMILES string of the molecule is COc1ccc(C(OC[C@@]23CN(c4ccncn4)[C@@H]([C@H](n4cc(C)c(=O)[nH]c4=O)O2)[C@@H]3O)(c2ccccc2)c2ccc(OC)cc2)cc1. The summed E-state index contributed by atoms with van der Waals surface area (Å²) in [6.45, 7) is 1.73. The largest absolute Gasteiger partial charge is 0.497 e. The molecule has 246 valence electrons. The van der Waals surface area contributed by atoms with Gasteiger partial charge in [0.05, 0.1) is 27.4 Å². The van der Waals surface area contributed by atoms with E-state index in [-0.39, 0.29) is 13.2 Å². The number of aliphatic hydroxyl groups is 1. The minimum absolute atomic E-state index is 0.0905. The van der Waals surface area contributed by atoms with Gasteiger partial charge < -0.3 is 29.0 Å². The Morgan fingerprint density at radius 3 is 2.15 bits per heavy atom. The number of benzene rings is 3. The molecule has 2 aliphatic rings. The molecule has 0 aliphatic carbocycles. The number of aromatic nitrogens is 4. The first kappa shape index (κ1) is 31.3. The fourth-order valence-corrected chi connectivity index (χ4v) is 6.85. The number of aliphatic hydroxyl groups excluding tert-OH is 1. The molecule has 0 radical (unpaired) electrons. The van der Waals surface area contributed by atoms with Gasteiger partial charge in [-0.15, -0.1) is 0 Å². The highest BCUT2D eigenvalue weighted by atomic mass is 16.6. The Morgan fingerprint density at radius 1 is 0.938 bits per heavy atom. The van der Waals surface area contributed by atoms with E-state index in [0.29, 0.717) is 22.9 Å². The second-order valence-corrected chi connectivity index (χ2v) is 12.0. The third-order valence-electron chi connectivity index (χ3n) is 9.30. The molecule has 5 aromatic rings. The van der Waals surface area contributed by atoms with Crippen LogP contribution in [0.2, 0.25) is 0 Å². The first-order valence-corrected chi connectivity index (χ1v) is 15.5. The Morgan fingerprint density at radius 2 is 1.56 bits per heavy atom. The number of ether oxygens (including phenoxy) is 4. The van der Waals surface area contributed by atoms with Crippen LogP contribution in [0.15, 0.2) is 113 Å². The van der Waals surface area contributed by atoms with Gasteiger partial charge in [-0.2, -0.15) is 0 Å². The van der Waals surface area contributed by atoms with Crippen molar-refractivity contribution in [1.29, 1.82) is 0 Å². The molecule has 0 spiro atoms. The lowest BCUT2D eigenvalue weighted by Gasteiger charge is -2.41. The highest BCUT2D eigenvalue weighted by Gasteiger charge is 2.65. The topological polar surface area (TPSA) is 141 Å². The quantitative estimate of drug-likeness (QED) is 0.217. The lowest BCUT2D eigenvalue weighted by Crippen LogP contribution is -2.52. The monoisotopic (exact) mass is 649 g/mol. The fourth-order valence-electron chi connectivity index (χ4n) is 6.85. The van der Waals surface area contributed by atoms with Crippen molar-refractivity contribution in [2.24, 2.45) is 0 Å². The number of fused-ring (bicyclic) bond motifs is 2. The van der Waals surface area contributed by atoms with Crippen molar-refractivity contribution >= 4 is 5.82 Å². The van der Waals surface area contributed by atoms with Crippen LogP contribution >= 0.6 is 0 Å². The number of nitrogens with one attached hydrogen (secondary N) is 1. The zero-order valence-electron chi connectivity index (χ0n) is 26.6. The highest BCUT2D eigenvalue weighted by molar-refractivity contribution is 5.50. The summed E-state index contributed by atoms with van der Waals surface area (Å²) in [6, 6.07) is 26.2. The minimum Gasteiger partial charge on any atom is -0.497 e. The standard InChI is InChI=1S/C36H35N5O7/c1-23-19-40(34(44)39-32(23)43)33-30-31(42)35(48-33,20-41(30)29-17-18-37-22-38-29)21-47-36(24-7-5-4-6-8-24,25-9-13-27(45-2)14-10-25)26-11-15-28(46-3)16-12-26/h4-19,22,30-31,33,42H,20-21H2,1-3H3,(H,39,43,44)/t30-,31+,33-,35-/m1/s1. The van der Waals surface area contributed by atoms with Gasteiger partial charge >= 0.3 is 5.69 Å². The van der Waals surface area contributed by atoms with Crippen molar-refractivity contribution in [2.45, 2.75) is 36.5 Å². The second-order valence-electron chi connectivity index (χ2n) is 12.0. The van der Waals surface area contributed by atoms with Gasteiger partial charge in [0.2, 0.25) is 0 Å². The number of morpholine rings is 1. The molecule has 2 saturated heterocycles. The van der Waals surface area contributed by atoms with Crippen LogP contribution < -0.4 is 25.6 Å². The molecule has 0 amide bonds. The summed E-state index contributed by atoms with van der Waals surface area (Å²) in [5.74, 6) is 1.93. The van der Waals surface area contributed by atoms with Crippen LogP contribution in [0.5, 0.6) is 11.5 Å². The number of anilines is 1. The summed E-state index contributed by atoms with van der Waals surface area (Å²) < 4.78 is 26.1. The maximum atomic E-state index is 13.1. The molecular weight excluding hydrogens is 614 g/mol. The van der Waals surface area contributed by atoms with Crippen LogP contribution in [0.1, 0.15) is 28.5 Å². The molecule has 12 heteroatoms. The predicted octanol–water partition coefficient (Wildman–Crippen LogP) is 3.18. The van der Waals surface area contributed by atoms with Crippen molar-refractivity contribution in [3.8, 4) is 11.5 Å². The second kappa shape index (κ2) is 12.4. The Bertz CT molecular complexity index is 1950. The molecule has 7 rings (SSSR count). The number of methoxy groups -OCH3 is 2. The predicted molar refractivity (Wildman–Crippen MR) is 176 cm³/mol. The number of H-pyrrole nitrogens is 1. The molecule has 2 aromatic heterocycles. The van der Waals surface area contributed by atoms with Gasteiger partial charge in [-0.3, -0.25) is 14.3 Å². The smallest absolute Gasteiger partial charge is 0.330 e. The van der Waals surface area contributed by atoms with E-state index in [2.05, 4.69) is 15.0 Å². The first-order chi connectivity index (χ1) is 23.3. The number of aryl methyl sites for hydroxylation is 1. The number of hydrogen-bond acceptors (Lipinski definition) is 10.